The lowest BCUT2D eigenvalue weighted by Gasteiger charge is -1.99. The fourth-order valence-electron chi connectivity index (χ4n) is 2.02. The van der Waals surface area contributed by atoms with E-state index < -0.39 is 5.97 Å². The average molecular weight is 268 g/mol. The first-order valence-electron chi connectivity index (χ1n) is 5.54. The number of carboxylic acids is 1. The van der Waals surface area contributed by atoms with E-state index in [1.165, 1.54) is 11.3 Å². The summed E-state index contributed by atoms with van der Waals surface area (Å²) in [7, 11) is 0. The normalized spacial score (nSPS) is 10.5. The van der Waals surface area contributed by atoms with E-state index in [2.05, 4.69) is 6.07 Å². The molecule has 0 aliphatic heterocycles. The molecule has 0 fully saturated rings. The van der Waals surface area contributed by atoms with Crippen LogP contribution in [-0.2, 0) is 0 Å². The summed E-state index contributed by atoms with van der Waals surface area (Å²) in [4.78, 5) is 12.0. The second kappa shape index (κ2) is 4.26. The molecular formula is C14H8N2O2S. The predicted octanol–water partition coefficient (Wildman–Crippen LogP) is 3.24. The van der Waals surface area contributed by atoms with Gasteiger partial charge in [0.05, 0.1) is 21.7 Å². The fourth-order valence-corrected chi connectivity index (χ4v) is 2.88. The Balaban J connectivity index is 2.25. The van der Waals surface area contributed by atoms with Gasteiger partial charge >= 0.3 is 5.97 Å². The molecule has 92 valence electrons. The Labute approximate surface area is 112 Å². The van der Waals surface area contributed by atoms with Crippen LogP contribution in [0.4, 0.5) is 0 Å². The minimum atomic E-state index is -0.933. The number of aromatic nitrogens is 1. The first-order valence-corrected chi connectivity index (χ1v) is 6.36. The molecule has 0 atom stereocenters. The Bertz CT molecular complexity index is 823. The van der Waals surface area contributed by atoms with Gasteiger partial charge in [-0.25, -0.2) is 4.79 Å². The smallest absolute Gasteiger partial charge is 0.345 e. The fraction of sp³-hybridized carbons (Fsp3) is 0. The molecule has 0 bridgehead atoms. The van der Waals surface area contributed by atoms with Gasteiger partial charge in [0.2, 0.25) is 0 Å². The van der Waals surface area contributed by atoms with Gasteiger partial charge in [-0.2, -0.15) is 5.26 Å². The van der Waals surface area contributed by atoms with Crippen LogP contribution in [0.3, 0.4) is 0 Å². The average Bonchev–Trinajstić information content (AvgIpc) is 3.03. The molecule has 0 aliphatic carbocycles. The van der Waals surface area contributed by atoms with Crippen LogP contribution in [0.15, 0.2) is 42.6 Å². The lowest BCUT2D eigenvalue weighted by Crippen LogP contribution is -1.89. The molecule has 0 aromatic carbocycles. The summed E-state index contributed by atoms with van der Waals surface area (Å²) in [6.45, 7) is 0. The van der Waals surface area contributed by atoms with E-state index in [-0.39, 0.29) is 0 Å². The molecule has 0 amide bonds. The molecule has 0 saturated carbocycles. The Kier molecular flexibility index (Phi) is 2.58. The lowest BCUT2D eigenvalue weighted by atomic mass is 10.2. The lowest BCUT2D eigenvalue weighted by molar-refractivity contribution is 0.0702. The van der Waals surface area contributed by atoms with Crippen molar-refractivity contribution in [1.82, 2.24) is 4.40 Å². The quantitative estimate of drug-likeness (QED) is 0.776. The minimum absolute atomic E-state index is 0.291. The zero-order chi connectivity index (χ0) is 13.4. The van der Waals surface area contributed by atoms with Gasteiger partial charge in [0, 0.05) is 6.20 Å². The highest BCUT2D eigenvalue weighted by Gasteiger charge is 2.13. The van der Waals surface area contributed by atoms with Crippen LogP contribution in [0.1, 0.15) is 15.2 Å². The van der Waals surface area contributed by atoms with Crippen LogP contribution in [-0.4, -0.2) is 15.5 Å². The van der Waals surface area contributed by atoms with Crippen molar-refractivity contribution in [3.8, 4) is 16.6 Å². The maximum absolute atomic E-state index is 10.9. The van der Waals surface area contributed by atoms with Gasteiger partial charge in [-0.15, -0.1) is 11.3 Å². The zero-order valence-corrected chi connectivity index (χ0v) is 10.5. The van der Waals surface area contributed by atoms with Crippen molar-refractivity contribution in [3.05, 3.63) is 53.0 Å². The van der Waals surface area contributed by atoms with Gasteiger partial charge in [-0.05, 0) is 30.3 Å². The number of nitriles is 1. The molecule has 19 heavy (non-hydrogen) atoms. The summed E-state index contributed by atoms with van der Waals surface area (Å²) < 4.78 is 1.90. The molecule has 0 unspecified atom stereocenters. The molecule has 0 spiro atoms. The molecule has 3 aromatic rings. The highest BCUT2D eigenvalue weighted by molar-refractivity contribution is 7.17. The third-order valence-corrected chi connectivity index (χ3v) is 3.96. The van der Waals surface area contributed by atoms with Gasteiger partial charge in [0.1, 0.15) is 10.9 Å². The summed E-state index contributed by atoms with van der Waals surface area (Å²) >= 11 is 1.20. The number of rotatable bonds is 2. The highest BCUT2D eigenvalue weighted by atomic mass is 32.1. The third kappa shape index (κ3) is 1.79. The number of aromatic carboxylic acids is 1. The van der Waals surface area contributed by atoms with E-state index in [0.29, 0.717) is 10.4 Å². The first-order chi connectivity index (χ1) is 9.20. The van der Waals surface area contributed by atoms with E-state index in [4.69, 9.17) is 10.4 Å². The second-order valence-corrected chi connectivity index (χ2v) is 5.06. The first kappa shape index (κ1) is 11.5. The number of fused-ring (bicyclic) bond motifs is 1. The van der Waals surface area contributed by atoms with Crippen LogP contribution in [0.5, 0.6) is 0 Å². The van der Waals surface area contributed by atoms with Crippen molar-refractivity contribution in [1.29, 1.82) is 5.26 Å². The highest BCUT2D eigenvalue weighted by Crippen LogP contribution is 2.31. The van der Waals surface area contributed by atoms with Gasteiger partial charge in [0.15, 0.2) is 0 Å². The Morgan fingerprint density at radius 2 is 2.16 bits per heavy atom. The van der Waals surface area contributed by atoms with Crippen molar-refractivity contribution in [3.63, 3.8) is 0 Å². The third-order valence-electron chi connectivity index (χ3n) is 2.87. The molecule has 1 N–H and O–H groups in total. The molecular weight excluding hydrogens is 260 g/mol. The Hall–Kier alpha value is -2.58. The van der Waals surface area contributed by atoms with Crippen LogP contribution in [0.25, 0.3) is 16.1 Å². The summed E-state index contributed by atoms with van der Waals surface area (Å²) in [5, 5.41) is 18.1. The molecule has 3 heterocycles. The Morgan fingerprint density at radius 3 is 2.84 bits per heavy atom. The number of carboxylic acid groups (broad SMARTS) is 1. The molecule has 3 aromatic heterocycles. The van der Waals surface area contributed by atoms with Gasteiger partial charge < -0.3 is 9.51 Å². The van der Waals surface area contributed by atoms with Crippen LogP contribution >= 0.6 is 11.3 Å². The van der Waals surface area contributed by atoms with E-state index >= 15 is 0 Å². The van der Waals surface area contributed by atoms with Crippen LogP contribution in [0.2, 0.25) is 0 Å². The van der Waals surface area contributed by atoms with Crippen molar-refractivity contribution >= 4 is 22.8 Å². The van der Waals surface area contributed by atoms with Crippen molar-refractivity contribution < 1.29 is 9.90 Å². The van der Waals surface area contributed by atoms with Gasteiger partial charge in [-0.3, -0.25) is 0 Å². The molecule has 3 rings (SSSR count). The largest absolute Gasteiger partial charge is 0.477 e. The standard InChI is InChI=1S/C14H8N2O2S/c15-8-9-7-11(16-6-2-1-3-10(9)16)12-4-5-13(19-12)14(17)18/h1-7H,(H,17,18). The number of carbonyl (C=O) groups is 1. The second-order valence-electron chi connectivity index (χ2n) is 3.98. The van der Waals surface area contributed by atoms with E-state index in [9.17, 15) is 4.79 Å². The maximum Gasteiger partial charge on any atom is 0.345 e. The Morgan fingerprint density at radius 1 is 1.32 bits per heavy atom. The maximum atomic E-state index is 10.9. The van der Waals surface area contributed by atoms with E-state index in [0.717, 1.165) is 16.1 Å². The summed E-state index contributed by atoms with van der Waals surface area (Å²) in [6, 6.07) is 12.9. The molecule has 5 heteroatoms. The predicted molar refractivity (Wildman–Crippen MR) is 72.4 cm³/mol. The summed E-state index contributed by atoms with van der Waals surface area (Å²) in [5.74, 6) is -0.933. The number of hydrogen-bond donors (Lipinski definition) is 1. The number of nitrogens with zero attached hydrogens (tertiary/aromatic N) is 2. The molecule has 0 aliphatic rings. The topological polar surface area (TPSA) is 65.5 Å². The zero-order valence-electron chi connectivity index (χ0n) is 9.70. The summed E-state index contributed by atoms with van der Waals surface area (Å²) in [5.41, 5.74) is 2.25. The molecule has 0 radical (unpaired) electrons. The molecule has 0 saturated heterocycles. The van der Waals surface area contributed by atoms with Crippen LogP contribution in [0, 0.1) is 11.3 Å². The van der Waals surface area contributed by atoms with E-state index in [1.807, 2.05) is 28.8 Å². The van der Waals surface area contributed by atoms with E-state index in [1.54, 1.807) is 18.2 Å². The van der Waals surface area contributed by atoms with Crippen molar-refractivity contribution in [2.24, 2.45) is 0 Å². The molecule has 4 nitrogen and oxygen atoms in total. The van der Waals surface area contributed by atoms with Gasteiger partial charge in [0.25, 0.3) is 0 Å². The van der Waals surface area contributed by atoms with Crippen LogP contribution < -0.4 is 0 Å². The number of pyridine rings is 1. The minimum Gasteiger partial charge on any atom is -0.477 e. The monoisotopic (exact) mass is 268 g/mol. The van der Waals surface area contributed by atoms with Gasteiger partial charge in [-0.1, -0.05) is 6.07 Å². The number of thiophene rings is 1. The number of hydrogen-bond acceptors (Lipinski definition) is 3. The SMILES string of the molecule is N#Cc1cc(-c2ccc(C(=O)O)s2)n2ccccc12. The van der Waals surface area contributed by atoms with Crippen molar-refractivity contribution in [2.45, 2.75) is 0 Å². The van der Waals surface area contributed by atoms with Crippen molar-refractivity contribution in [2.75, 3.05) is 0 Å². The summed E-state index contributed by atoms with van der Waals surface area (Å²) in [6.07, 6.45) is 1.87.